The second-order valence-electron chi connectivity index (χ2n) is 5.51. The molecule has 0 radical (unpaired) electrons. The summed E-state index contributed by atoms with van der Waals surface area (Å²) in [6.07, 6.45) is -0.203. The van der Waals surface area contributed by atoms with Gasteiger partial charge in [0.25, 0.3) is 0 Å². The van der Waals surface area contributed by atoms with Gasteiger partial charge in [-0.2, -0.15) is 0 Å². The molecule has 1 aliphatic heterocycles. The molecule has 1 atom stereocenters. The third-order valence-corrected chi connectivity index (χ3v) is 3.60. The molecule has 1 aliphatic rings. The van der Waals surface area contributed by atoms with Gasteiger partial charge in [0.2, 0.25) is 0 Å². The number of nitrogens with zero attached hydrogens (tertiary/aromatic N) is 1. The van der Waals surface area contributed by atoms with Gasteiger partial charge in [0.15, 0.2) is 0 Å². The number of anilines is 1. The lowest BCUT2D eigenvalue weighted by atomic mass is 10.0. The predicted molar refractivity (Wildman–Crippen MR) is 77.6 cm³/mol. The minimum atomic E-state index is -0.323. The second kappa shape index (κ2) is 5.67. The SMILES string of the molecule is CC1(C)CN(c2c(Cl)cccc2CN)CC(CO)O1. The summed E-state index contributed by atoms with van der Waals surface area (Å²) in [5, 5.41) is 10.1. The molecule has 0 spiro atoms. The van der Waals surface area contributed by atoms with E-state index < -0.39 is 0 Å². The molecule has 1 heterocycles. The van der Waals surface area contributed by atoms with Crippen LogP contribution in [0.2, 0.25) is 5.02 Å². The molecule has 0 aromatic heterocycles. The quantitative estimate of drug-likeness (QED) is 0.888. The Kier molecular flexibility index (Phi) is 4.36. The van der Waals surface area contributed by atoms with E-state index in [1.165, 1.54) is 0 Å². The summed E-state index contributed by atoms with van der Waals surface area (Å²) in [6.45, 7) is 5.82. The zero-order valence-corrected chi connectivity index (χ0v) is 12.2. The molecule has 5 heteroatoms. The fourth-order valence-corrected chi connectivity index (χ4v) is 2.95. The van der Waals surface area contributed by atoms with E-state index in [0.717, 1.165) is 17.8 Å². The zero-order valence-electron chi connectivity index (χ0n) is 11.4. The predicted octanol–water partition coefficient (Wildman–Crippen LogP) is 1.77. The van der Waals surface area contributed by atoms with Crippen LogP contribution in [0, 0.1) is 0 Å². The van der Waals surface area contributed by atoms with E-state index in [1.807, 2.05) is 32.0 Å². The molecular formula is C14H21ClN2O2. The lowest BCUT2D eigenvalue weighted by molar-refractivity contribution is -0.101. The number of aliphatic hydroxyl groups is 1. The molecular weight excluding hydrogens is 264 g/mol. The highest BCUT2D eigenvalue weighted by Crippen LogP contribution is 2.34. The first-order chi connectivity index (χ1) is 8.96. The monoisotopic (exact) mass is 284 g/mol. The van der Waals surface area contributed by atoms with Gasteiger partial charge >= 0.3 is 0 Å². The third kappa shape index (κ3) is 3.20. The van der Waals surface area contributed by atoms with Gasteiger partial charge in [-0.15, -0.1) is 0 Å². The van der Waals surface area contributed by atoms with Gasteiger partial charge in [-0.3, -0.25) is 0 Å². The molecule has 1 aromatic rings. The number of benzene rings is 1. The first kappa shape index (κ1) is 14.6. The van der Waals surface area contributed by atoms with Crippen LogP contribution < -0.4 is 10.6 Å². The molecule has 3 N–H and O–H groups in total. The summed E-state index contributed by atoms with van der Waals surface area (Å²) in [6, 6.07) is 5.76. The first-order valence-corrected chi connectivity index (χ1v) is 6.85. The third-order valence-electron chi connectivity index (χ3n) is 3.29. The summed E-state index contributed by atoms with van der Waals surface area (Å²) in [5.74, 6) is 0. The number of para-hydroxylation sites is 1. The number of rotatable bonds is 3. The van der Waals surface area contributed by atoms with Gasteiger partial charge in [-0.25, -0.2) is 0 Å². The minimum absolute atomic E-state index is 0.00232. The maximum absolute atomic E-state index is 9.37. The van der Waals surface area contributed by atoms with Crippen LogP contribution in [0.5, 0.6) is 0 Å². The molecule has 0 bridgehead atoms. The molecule has 0 amide bonds. The summed E-state index contributed by atoms with van der Waals surface area (Å²) in [5.41, 5.74) is 7.45. The molecule has 0 saturated carbocycles. The van der Waals surface area contributed by atoms with Crippen LogP contribution in [0.4, 0.5) is 5.69 Å². The van der Waals surface area contributed by atoms with Crippen LogP contribution in [0.1, 0.15) is 19.4 Å². The Hall–Kier alpha value is -0.810. The number of hydrogen-bond acceptors (Lipinski definition) is 4. The van der Waals surface area contributed by atoms with E-state index in [-0.39, 0.29) is 18.3 Å². The van der Waals surface area contributed by atoms with Gasteiger partial charge in [0.05, 0.1) is 29.0 Å². The minimum Gasteiger partial charge on any atom is -0.394 e. The molecule has 2 rings (SSSR count). The van der Waals surface area contributed by atoms with Crippen LogP contribution in [0.3, 0.4) is 0 Å². The van der Waals surface area contributed by atoms with Crippen molar-refractivity contribution >= 4 is 17.3 Å². The number of morpholine rings is 1. The van der Waals surface area contributed by atoms with E-state index in [2.05, 4.69) is 4.90 Å². The van der Waals surface area contributed by atoms with Crippen LogP contribution >= 0.6 is 11.6 Å². The Morgan fingerprint density at radius 3 is 2.89 bits per heavy atom. The lowest BCUT2D eigenvalue weighted by Crippen LogP contribution is -2.54. The zero-order chi connectivity index (χ0) is 14.0. The molecule has 1 saturated heterocycles. The summed E-state index contributed by atoms with van der Waals surface area (Å²) in [4.78, 5) is 2.16. The van der Waals surface area contributed by atoms with Gasteiger partial charge in [-0.1, -0.05) is 23.7 Å². The van der Waals surface area contributed by atoms with Crippen molar-refractivity contribution in [1.82, 2.24) is 0 Å². The summed E-state index contributed by atoms with van der Waals surface area (Å²) < 4.78 is 5.82. The molecule has 1 aromatic carbocycles. The van der Waals surface area contributed by atoms with E-state index in [0.29, 0.717) is 18.1 Å². The van der Waals surface area contributed by atoms with Crippen molar-refractivity contribution < 1.29 is 9.84 Å². The van der Waals surface area contributed by atoms with Crippen molar-refractivity contribution in [3.8, 4) is 0 Å². The van der Waals surface area contributed by atoms with Crippen LogP contribution in [-0.2, 0) is 11.3 Å². The highest BCUT2D eigenvalue weighted by molar-refractivity contribution is 6.33. The number of halogens is 1. The summed E-state index contributed by atoms with van der Waals surface area (Å²) >= 11 is 6.32. The Bertz CT molecular complexity index is 451. The highest BCUT2D eigenvalue weighted by atomic mass is 35.5. The molecule has 1 fully saturated rings. The Morgan fingerprint density at radius 2 is 2.26 bits per heavy atom. The van der Waals surface area contributed by atoms with Gasteiger partial charge < -0.3 is 20.5 Å². The topological polar surface area (TPSA) is 58.7 Å². The van der Waals surface area contributed by atoms with Gasteiger partial charge in [0.1, 0.15) is 0 Å². The normalized spacial score (nSPS) is 22.6. The Labute approximate surface area is 119 Å². The lowest BCUT2D eigenvalue weighted by Gasteiger charge is -2.44. The maximum atomic E-state index is 9.37. The van der Waals surface area contributed by atoms with Crippen molar-refractivity contribution in [3.63, 3.8) is 0 Å². The van der Waals surface area contributed by atoms with Crippen molar-refractivity contribution in [2.45, 2.75) is 32.1 Å². The average Bonchev–Trinajstić information content (AvgIpc) is 2.36. The largest absolute Gasteiger partial charge is 0.394 e. The molecule has 4 nitrogen and oxygen atoms in total. The smallest absolute Gasteiger partial charge is 0.0988 e. The van der Waals surface area contributed by atoms with E-state index in [4.69, 9.17) is 22.1 Å². The molecule has 1 unspecified atom stereocenters. The van der Waals surface area contributed by atoms with Crippen LogP contribution in [0.25, 0.3) is 0 Å². The van der Waals surface area contributed by atoms with Gasteiger partial charge in [0, 0.05) is 19.6 Å². The Morgan fingerprint density at radius 1 is 1.53 bits per heavy atom. The Balaban J connectivity index is 2.35. The standard InChI is InChI=1S/C14H21ClN2O2/c1-14(2)9-17(7-11(8-18)19-14)13-10(6-16)4-3-5-12(13)15/h3-5,11,18H,6-9,16H2,1-2H3. The number of ether oxygens (including phenoxy) is 1. The number of hydrogen-bond donors (Lipinski definition) is 2. The maximum Gasteiger partial charge on any atom is 0.0988 e. The van der Waals surface area contributed by atoms with Crippen LogP contribution in [-0.4, -0.2) is 36.5 Å². The number of aliphatic hydroxyl groups excluding tert-OH is 1. The average molecular weight is 285 g/mol. The number of nitrogens with two attached hydrogens (primary N) is 1. The fraction of sp³-hybridized carbons (Fsp3) is 0.571. The van der Waals surface area contributed by atoms with Crippen LogP contribution in [0.15, 0.2) is 18.2 Å². The van der Waals surface area contributed by atoms with E-state index in [1.54, 1.807) is 0 Å². The van der Waals surface area contributed by atoms with Gasteiger partial charge in [-0.05, 0) is 25.5 Å². The molecule has 19 heavy (non-hydrogen) atoms. The van der Waals surface area contributed by atoms with E-state index >= 15 is 0 Å². The van der Waals surface area contributed by atoms with Crippen molar-refractivity contribution in [2.24, 2.45) is 5.73 Å². The van der Waals surface area contributed by atoms with Crippen molar-refractivity contribution in [3.05, 3.63) is 28.8 Å². The van der Waals surface area contributed by atoms with Crippen molar-refractivity contribution in [2.75, 3.05) is 24.6 Å². The summed E-state index contributed by atoms with van der Waals surface area (Å²) in [7, 11) is 0. The molecule has 106 valence electrons. The highest BCUT2D eigenvalue weighted by Gasteiger charge is 2.34. The molecule has 0 aliphatic carbocycles. The van der Waals surface area contributed by atoms with E-state index in [9.17, 15) is 5.11 Å². The fourth-order valence-electron chi connectivity index (χ4n) is 2.64. The first-order valence-electron chi connectivity index (χ1n) is 6.48. The second-order valence-corrected chi connectivity index (χ2v) is 5.92. The van der Waals surface area contributed by atoms with Crippen molar-refractivity contribution in [1.29, 1.82) is 0 Å².